The Labute approximate surface area is 207 Å². The average molecular weight is 491 g/mol. The van der Waals surface area contributed by atoms with Crippen LogP contribution in [0.1, 0.15) is 22.3 Å². The quantitative estimate of drug-likeness (QED) is 0.378. The fourth-order valence-corrected chi connectivity index (χ4v) is 3.77. The van der Waals surface area contributed by atoms with Crippen LogP contribution in [0.4, 0.5) is 10.5 Å². The summed E-state index contributed by atoms with van der Waals surface area (Å²) in [5, 5.41) is 2.58. The number of hydrogen-bond acceptors (Lipinski definition) is 5. The maximum absolute atomic E-state index is 13.2. The van der Waals surface area contributed by atoms with Crippen molar-refractivity contribution in [1.29, 1.82) is 0 Å². The molecule has 0 saturated carbocycles. The second kappa shape index (κ2) is 10.0. The highest BCUT2D eigenvalue weighted by atomic mass is 35.5. The molecule has 1 aliphatic rings. The molecule has 1 heterocycles. The molecule has 35 heavy (non-hydrogen) atoms. The molecule has 0 spiro atoms. The van der Waals surface area contributed by atoms with Crippen LogP contribution in [0.2, 0.25) is 5.02 Å². The number of carbonyl (C=O) groups is 3. The molecule has 178 valence electrons. The molecule has 0 bridgehead atoms. The second-order valence-electron chi connectivity index (χ2n) is 8.07. The Morgan fingerprint density at radius 2 is 1.69 bits per heavy atom. The SMILES string of the molecule is COc1cc(/C=C2\C(=O)NC(=O)N(c3cc(Cl)ccc3C)C2=O)ccc1OCc1ccc(C)cc1. The number of imide groups is 2. The zero-order chi connectivity index (χ0) is 25.1. The number of carbonyl (C=O) groups excluding carboxylic acids is 3. The maximum Gasteiger partial charge on any atom is 0.335 e. The molecular weight excluding hydrogens is 468 g/mol. The molecular formula is C27H23ClN2O5. The van der Waals surface area contributed by atoms with Crippen molar-refractivity contribution in [1.82, 2.24) is 5.32 Å². The highest BCUT2D eigenvalue weighted by molar-refractivity contribution is 6.39. The summed E-state index contributed by atoms with van der Waals surface area (Å²) in [5.74, 6) is -0.577. The van der Waals surface area contributed by atoms with Crippen LogP contribution in [0.3, 0.4) is 0 Å². The van der Waals surface area contributed by atoms with Gasteiger partial charge in [0.2, 0.25) is 0 Å². The largest absolute Gasteiger partial charge is 0.493 e. The van der Waals surface area contributed by atoms with E-state index in [1.807, 2.05) is 31.2 Å². The van der Waals surface area contributed by atoms with Crippen molar-refractivity contribution < 1.29 is 23.9 Å². The normalized spacial score (nSPS) is 14.8. The van der Waals surface area contributed by atoms with E-state index in [4.69, 9.17) is 21.1 Å². The number of halogens is 1. The Bertz CT molecular complexity index is 1350. The van der Waals surface area contributed by atoms with Crippen molar-refractivity contribution in [3.05, 3.63) is 93.5 Å². The first kappa shape index (κ1) is 24.0. The fourth-order valence-electron chi connectivity index (χ4n) is 3.60. The van der Waals surface area contributed by atoms with E-state index in [9.17, 15) is 14.4 Å². The lowest BCUT2D eigenvalue weighted by atomic mass is 10.1. The van der Waals surface area contributed by atoms with Crippen molar-refractivity contribution in [2.45, 2.75) is 20.5 Å². The van der Waals surface area contributed by atoms with E-state index in [-0.39, 0.29) is 5.57 Å². The lowest BCUT2D eigenvalue weighted by Crippen LogP contribution is -2.54. The number of anilines is 1. The van der Waals surface area contributed by atoms with Gasteiger partial charge in [-0.3, -0.25) is 14.9 Å². The number of benzene rings is 3. The minimum Gasteiger partial charge on any atom is -0.493 e. The van der Waals surface area contributed by atoms with Gasteiger partial charge in [0, 0.05) is 5.02 Å². The molecule has 1 N–H and O–H groups in total. The van der Waals surface area contributed by atoms with Crippen LogP contribution in [0, 0.1) is 13.8 Å². The molecule has 4 rings (SSSR count). The van der Waals surface area contributed by atoms with Gasteiger partial charge in [-0.1, -0.05) is 53.6 Å². The van der Waals surface area contributed by atoms with E-state index in [0.29, 0.717) is 39.9 Å². The Hall–Kier alpha value is -4.10. The Kier molecular flexibility index (Phi) is 6.89. The van der Waals surface area contributed by atoms with Gasteiger partial charge in [0.05, 0.1) is 12.8 Å². The Morgan fingerprint density at radius 3 is 2.40 bits per heavy atom. The number of hydrogen-bond donors (Lipinski definition) is 1. The van der Waals surface area contributed by atoms with Crippen LogP contribution in [0.5, 0.6) is 11.5 Å². The molecule has 7 nitrogen and oxygen atoms in total. The van der Waals surface area contributed by atoms with Crippen molar-refractivity contribution in [3.8, 4) is 11.5 Å². The number of rotatable bonds is 6. The van der Waals surface area contributed by atoms with Gasteiger partial charge in [0.25, 0.3) is 11.8 Å². The number of urea groups is 1. The first-order chi connectivity index (χ1) is 16.8. The number of nitrogens with one attached hydrogen (secondary N) is 1. The standard InChI is InChI=1S/C27H23ClN2O5/c1-16-4-7-18(8-5-16)15-35-23-11-9-19(13-24(23)34-3)12-21-25(31)29-27(33)30(26(21)32)22-14-20(28)10-6-17(22)2/h4-14H,15H2,1-3H3,(H,29,31,33)/b21-12+. The lowest BCUT2D eigenvalue weighted by molar-refractivity contribution is -0.122. The summed E-state index contributed by atoms with van der Waals surface area (Å²) in [7, 11) is 1.51. The number of barbiturate groups is 1. The second-order valence-corrected chi connectivity index (χ2v) is 8.51. The summed E-state index contributed by atoms with van der Waals surface area (Å²) in [6.07, 6.45) is 1.41. The van der Waals surface area contributed by atoms with Gasteiger partial charge in [0.1, 0.15) is 12.2 Å². The van der Waals surface area contributed by atoms with Crippen molar-refractivity contribution in [2.24, 2.45) is 0 Å². The Morgan fingerprint density at radius 1 is 0.943 bits per heavy atom. The molecule has 1 aliphatic heterocycles. The zero-order valence-electron chi connectivity index (χ0n) is 19.4. The fraction of sp³-hybridized carbons (Fsp3) is 0.148. The van der Waals surface area contributed by atoms with E-state index < -0.39 is 17.8 Å². The number of methoxy groups -OCH3 is 1. The Balaban J connectivity index is 1.61. The summed E-state index contributed by atoms with van der Waals surface area (Å²) in [4.78, 5) is 39.1. The third kappa shape index (κ3) is 5.20. The van der Waals surface area contributed by atoms with Gasteiger partial charge < -0.3 is 9.47 Å². The smallest absolute Gasteiger partial charge is 0.335 e. The molecule has 3 aromatic carbocycles. The number of ether oxygens (including phenoxy) is 2. The topological polar surface area (TPSA) is 84.9 Å². The van der Waals surface area contributed by atoms with E-state index in [0.717, 1.165) is 16.0 Å². The summed E-state index contributed by atoms with van der Waals surface area (Å²) in [6.45, 7) is 4.11. The molecule has 0 aliphatic carbocycles. The molecule has 0 atom stereocenters. The zero-order valence-corrected chi connectivity index (χ0v) is 20.2. The molecule has 1 saturated heterocycles. The van der Waals surface area contributed by atoms with Crippen LogP contribution in [0.15, 0.2) is 66.2 Å². The van der Waals surface area contributed by atoms with E-state index in [2.05, 4.69) is 5.32 Å². The first-order valence-corrected chi connectivity index (χ1v) is 11.2. The van der Waals surface area contributed by atoms with Crippen LogP contribution in [-0.4, -0.2) is 25.0 Å². The predicted molar refractivity (Wildman–Crippen MR) is 134 cm³/mol. The van der Waals surface area contributed by atoms with Crippen LogP contribution in [0.25, 0.3) is 6.08 Å². The third-order valence-corrected chi connectivity index (χ3v) is 5.76. The summed E-state index contributed by atoms with van der Waals surface area (Å²) < 4.78 is 11.4. The van der Waals surface area contributed by atoms with E-state index >= 15 is 0 Å². The average Bonchev–Trinajstić information content (AvgIpc) is 2.83. The van der Waals surface area contributed by atoms with Crippen molar-refractivity contribution in [3.63, 3.8) is 0 Å². The number of amides is 4. The van der Waals surface area contributed by atoms with Crippen LogP contribution in [-0.2, 0) is 16.2 Å². The summed E-state index contributed by atoms with van der Waals surface area (Å²) >= 11 is 6.07. The van der Waals surface area contributed by atoms with E-state index in [1.165, 1.54) is 19.3 Å². The van der Waals surface area contributed by atoms with Gasteiger partial charge >= 0.3 is 6.03 Å². The minimum atomic E-state index is -0.833. The lowest BCUT2D eigenvalue weighted by Gasteiger charge is -2.27. The molecule has 4 amide bonds. The molecule has 3 aromatic rings. The van der Waals surface area contributed by atoms with Gasteiger partial charge in [-0.15, -0.1) is 0 Å². The summed E-state index contributed by atoms with van der Waals surface area (Å²) in [5.41, 5.74) is 3.46. The van der Waals surface area contributed by atoms with E-state index in [1.54, 1.807) is 37.3 Å². The monoisotopic (exact) mass is 490 g/mol. The molecule has 0 unspecified atom stereocenters. The highest BCUT2D eigenvalue weighted by Crippen LogP contribution is 2.31. The molecule has 1 fully saturated rings. The summed E-state index contributed by atoms with van der Waals surface area (Å²) in [6, 6.07) is 17.1. The molecule has 0 aromatic heterocycles. The van der Waals surface area contributed by atoms with Crippen LogP contribution >= 0.6 is 11.6 Å². The van der Waals surface area contributed by atoms with Gasteiger partial charge in [-0.2, -0.15) is 0 Å². The maximum atomic E-state index is 13.2. The van der Waals surface area contributed by atoms with Crippen molar-refractivity contribution >= 4 is 41.2 Å². The minimum absolute atomic E-state index is 0.195. The predicted octanol–water partition coefficient (Wildman–Crippen LogP) is 5.21. The van der Waals surface area contributed by atoms with Gasteiger partial charge in [-0.25, -0.2) is 9.69 Å². The van der Waals surface area contributed by atoms with Crippen LogP contribution < -0.4 is 19.7 Å². The number of nitrogens with zero attached hydrogens (tertiary/aromatic N) is 1. The third-order valence-electron chi connectivity index (χ3n) is 5.53. The highest BCUT2D eigenvalue weighted by Gasteiger charge is 2.37. The van der Waals surface area contributed by atoms with Gasteiger partial charge in [0.15, 0.2) is 11.5 Å². The number of aryl methyl sites for hydroxylation is 2. The van der Waals surface area contributed by atoms with Gasteiger partial charge in [-0.05, 0) is 60.9 Å². The molecule has 0 radical (unpaired) electrons. The van der Waals surface area contributed by atoms with Crippen molar-refractivity contribution in [2.75, 3.05) is 12.0 Å². The molecule has 8 heteroatoms. The first-order valence-electron chi connectivity index (χ1n) is 10.8.